The van der Waals surface area contributed by atoms with E-state index in [9.17, 15) is 9.59 Å². The van der Waals surface area contributed by atoms with Crippen LogP contribution in [0.15, 0.2) is 64.6 Å². The topological polar surface area (TPSA) is 34.1 Å². The molecule has 0 aromatic heterocycles. The first-order valence-corrected chi connectivity index (χ1v) is 8.02. The van der Waals surface area contributed by atoms with Crippen molar-refractivity contribution in [2.24, 2.45) is 0 Å². The zero-order chi connectivity index (χ0) is 14.1. The van der Waals surface area contributed by atoms with Gasteiger partial charge in [0.2, 0.25) is 0 Å². The average molecular weight is 327 g/mol. The van der Waals surface area contributed by atoms with Crippen molar-refractivity contribution in [3.63, 3.8) is 0 Å². The van der Waals surface area contributed by atoms with Crippen molar-refractivity contribution >= 4 is 31.0 Å². The van der Waals surface area contributed by atoms with Crippen molar-refractivity contribution in [1.82, 2.24) is 0 Å². The van der Waals surface area contributed by atoms with Gasteiger partial charge < -0.3 is 0 Å². The minimum atomic E-state index is -0.133. The number of benzene rings is 2. The first-order chi connectivity index (χ1) is 9.68. The summed E-state index contributed by atoms with van der Waals surface area (Å²) in [5, 5.41) is 0. The molecule has 0 fully saturated rings. The van der Waals surface area contributed by atoms with Gasteiger partial charge in [0.25, 0.3) is 0 Å². The van der Waals surface area contributed by atoms with Crippen LogP contribution >= 0.6 is 0 Å². The summed E-state index contributed by atoms with van der Waals surface area (Å²) in [7, 11) is 0. The van der Waals surface area contributed by atoms with Gasteiger partial charge >= 0.3 is 123 Å². The van der Waals surface area contributed by atoms with Crippen LogP contribution in [0.4, 0.5) is 0 Å². The molecule has 0 spiro atoms. The molecule has 3 rings (SSSR count). The monoisotopic (exact) mass is 328 g/mol. The molecule has 0 atom stereocenters. The van der Waals surface area contributed by atoms with E-state index in [0.717, 1.165) is 4.46 Å². The molecule has 2 aromatic carbocycles. The number of carbonyl (C=O) groups excluding carboxylic acids is 2. The van der Waals surface area contributed by atoms with E-state index in [0.29, 0.717) is 21.2 Å². The molecule has 0 radical (unpaired) electrons. The summed E-state index contributed by atoms with van der Waals surface area (Å²) in [5.41, 5.74) is 1.66. The van der Waals surface area contributed by atoms with Gasteiger partial charge in [-0.1, -0.05) is 0 Å². The molecule has 2 nitrogen and oxygen atoms in total. The Labute approximate surface area is 123 Å². The predicted molar refractivity (Wildman–Crippen MR) is 79.6 cm³/mol. The number of rotatable bonds is 2. The second-order valence-corrected chi connectivity index (χ2v) is 6.85. The summed E-state index contributed by atoms with van der Waals surface area (Å²) in [6.07, 6.45) is 0. The molecule has 0 aliphatic heterocycles. The van der Waals surface area contributed by atoms with Crippen molar-refractivity contribution in [2.75, 3.05) is 0 Å². The van der Waals surface area contributed by atoms with Gasteiger partial charge in [0, 0.05) is 0 Å². The molecule has 0 amide bonds. The Balaban J connectivity index is 2.06. The van der Waals surface area contributed by atoms with Crippen molar-refractivity contribution in [2.45, 2.75) is 6.92 Å². The fourth-order valence-electron chi connectivity index (χ4n) is 2.21. The molecule has 0 bridgehead atoms. The minimum absolute atomic E-state index is 0.00144. The quantitative estimate of drug-likeness (QED) is 0.794. The summed E-state index contributed by atoms with van der Waals surface area (Å²) in [6, 6.07) is 16.9. The summed E-state index contributed by atoms with van der Waals surface area (Å²) in [6.45, 7) is 1.76. The molecule has 0 heterocycles. The number of carbonyl (C=O) groups is 2. The van der Waals surface area contributed by atoms with E-state index >= 15 is 0 Å². The SMILES string of the molecule is CC1=C([Se]c2ccccc2)C(=O)c2ccccc2C1=O. The molecule has 2 aromatic rings. The third-order valence-corrected chi connectivity index (χ3v) is 5.79. The summed E-state index contributed by atoms with van der Waals surface area (Å²) < 4.78 is 1.78. The molecular weight excluding hydrogens is 315 g/mol. The first-order valence-electron chi connectivity index (χ1n) is 6.30. The van der Waals surface area contributed by atoms with Crippen LogP contribution in [-0.2, 0) is 0 Å². The van der Waals surface area contributed by atoms with Crippen molar-refractivity contribution in [1.29, 1.82) is 0 Å². The van der Waals surface area contributed by atoms with E-state index in [1.807, 2.05) is 30.3 Å². The Morgan fingerprint density at radius 3 is 1.95 bits per heavy atom. The zero-order valence-electron chi connectivity index (χ0n) is 10.9. The van der Waals surface area contributed by atoms with Crippen molar-refractivity contribution in [3.05, 3.63) is 75.8 Å². The van der Waals surface area contributed by atoms with Crippen LogP contribution in [0.5, 0.6) is 0 Å². The molecule has 0 N–H and O–H groups in total. The van der Waals surface area contributed by atoms with Gasteiger partial charge in [-0.05, 0) is 0 Å². The van der Waals surface area contributed by atoms with E-state index in [1.165, 1.54) is 0 Å². The Kier molecular flexibility index (Phi) is 3.39. The molecule has 20 heavy (non-hydrogen) atoms. The number of allylic oxidation sites excluding steroid dienone is 2. The maximum atomic E-state index is 12.6. The number of Topliss-reactive ketones (excluding diaryl/α,β-unsaturated/α-hetero) is 2. The number of hydrogen-bond acceptors (Lipinski definition) is 2. The second kappa shape index (κ2) is 5.20. The molecule has 3 heteroatoms. The standard InChI is InChI=1S/C17H12O2Se/c1-11-15(18)13-9-5-6-10-14(13)16(19)17(11)20-12-7-3-2-4-8-12/h2-10H,1H3. The number of ketones is 2. The fourth-order valence-corrected chi connectivity index (χ4v) is 4.26. The normalized spacial score (nSPS) is 14.4. The summed E-state index contributed by atoms with van der Waals surface area (Å²) in [5.74, 6) is -0.0189. The van der Waals surface area contributed by atoms with E-state index in [-0.39, 0.29) is 26.5 Å². The first kappa shape index (κ1) is 13.0. The third kappa shape index (κ3) is 2.15. The van der Waals surface area contributed by atoms with Crippen LogP contribution in [0.2, 0.25) is 0 Å². The van der Waals surface area contributed by atoms with Gasteiger partial charge in [0.15, 0.2) is 0 Å². The molecular formula is C17H12O2Se. The van der Waals surface area contributed by atoms with E-state index in [2.05, 4.69) is 0 Å². The van der Waals surface area contributed by atoms with Crippen LogP contribution in [0, 0.1) is 0 Å². The van der Waals surface area contributed by atoms with Crippen LogP contribution < -0.4 is 4.46 Å². The van der Waals surface area contributed by atoms with Crippen molar-refractivity contribution < 1.29 is 9.59 Å². The molecule has 0 saturated heterocycles. The van der Waals surface area contributed by atoms with Crippen LogP contribution in [-0.4, -0.2) is 26.5 Å². The van der Waals surface area contributed by atoms with Gasteiger partial charge in [-0.25, -0.2) is 0 Å². The van der Waals surface area contributed by atoms with Crippen LogP contribution in [0.3, 0.4) is 0 Å². The maximum absolute atomic E-state index is 12.6. The molecule has 1 aliphatic rings. The predicted octanol–water partition coefficient (Wildman–Crippen LogP) is 2.37. The van der Waals surface area contributed by atoms with Crippen molar-refractivity contribution in [3.8, 4) is 0 Å². The zero-order valence-corrected chi connectivity index (χ0v) is 12.6. The van der Waals surface area contributed by atoms with Gasteiger partial charge in [-0.3, -0.25) is 0 Å². The van der Waals surface area contributed by atoms with Gasteiger partial charge in [0.05, 0.1) is 0 Å². The van der Waals surface area contributed by atoms with Crippen LogP contribution in [0.25, 0.3) is 0 Å². The van der Waals surface area contributed by atoms with Gasteiger partial charge in [0.1, 0.15) is 0 Å². The molecule has 0 unspecified atom stereocenters. The molecule has 0 saturated carbocycles. The molecule has 1 aliphatic carbocycles. The van der Waals surface area contributed by atoms with Gasteiger partial charge in [-0.15, -0.1) is 0 Å². The Hall–Kier alpha value is -1.96. The third-order valence-electron chi connectivity index (χ3n) is 3.27. The van der Waals surface area contributed by atoms with Crippen LogP contribution in [0.1, 0.15) is 27.6 Å². The van der Waals surface area contributed by atoms with E-state index in [4.69, 9.17) is 0 Å². The Bertz CT molecular complexity index is 730. The van der Waals surface area contributed by atoms with E-state index in [1.54, 1.807) is 31.2 Å². The average Bonchev–Trinajstić information content (AvgIpc) is 2.50. The van der Waals surface area contributed by atoms with Gasteiger partial charge in [-0.2, -0.15) is 0 Å². The second-order valence-electron chi connectivity index (χ2n) is 4.57. The summed E-state index contributed by atoms with van der Waals surface area (Å²) >= 11 is -0.133. The fraction of sp³-hybridized carbons (Fsp3) is 0.0588. The molecule has 98 valence electrons. The summed E-state index contributed by atoms with van der Waals surface area (Å²) in [4.78, 5) is 24.9. The Morgan fingerprint density at radius 2 is 1.30 bits per heavy atom. The Morgan fingerprint density at radius 1 is 0.750 bits per heavy atom. The number of hydrogen-bond donors (Lipinski definition) is 0. The number of fused-ring (bicyclic) bond motifs is 1. The van der Waals surface area contributed by atoms with E-state index < -0.39 is 0 Å².